The molecule has 0 aromatic carbocycles. The third kappa shape index (κ3) is 4.86. The fourth-order valence-electron chi connectivity index (χ4n) is 2.35. The van der Waals surface area contributed by atoms with E-state index in [2.05, 4.69) is 9.97 Å². The fraction of sp³-hybridized carbons (Fsp3) is 0.733. The van der Waals surface area contributed by atoms with Gasteiger partial charge in [-0.15, -0.1) is 0 Å². The summed E-state index contributed by atoms with van der Waals surface area (Å²) in [5.74, 6) is 0.707. The molecule has 1 saturated heterocycles. The summed E-state index contributed by atoms with van der Waals surface area (Å²) in [5.41, 5.74) is 2.01. The van der Waals surface area contributed by atoms with Crippen LogP contribution in [0.5, 0.6) is 0 Å². The Balaban J connectivity index is 1.91. The summed E-state index contributed by atoms with van der Waals surface area (Å²) in [5, 5.41) is 0. The molecule has 0 N–H and O–H groups in total. The smallest absolute Gasteiger partial charge is 0.225 e. The highest BCUT2D eigenvalue weighted by molar-refractivity contribution is 7.89. The molecule has 1 aliphatic heterocycles. The minimum atomic E-state index is -3.26. The highest BCUT2D eigenvalue weighted by Gasteiger charge is 2.27. The predicted molar refractivity (Wildman–Crippen MR) is 90.2 cm³/mol. The lowest BCUT2D eigenvalue weighted by Gasteiger charge is -2.34. The molecular weight excluding hydrogens is 316 g/mol. The quantitative estimate of drug-likeness (QED) is 0.767. The maximum Gasteiger partial charge on any atom is 0.225 e. The molecule has 0 radical (unpaired) electrons. The summed E-state index contributed by atoms with van der Waals surface area (Å²) in [7, 11) is -3.26. The van der Waals surface area contributed by atoms with Gasteiger partial charge in [-0.3, -0.25) is 0 Å². The summed E-state index contributed by atoms with van der Waals surface area (Å²) >= 11 is 0. The third-order valence-electron chi connectivity index (χ3n) is 3.92. The second kappa shape index (κ2) is 7.55. The van der Waals surface area contributed by atoms with Gasteiger partial charge in [0.2, 0.25) is 16.0 Å². The molecular formula is C15H26N4O3S. The molecule has 1 aromatic heterocycles. The average Bonchev–Trinajstić information content (AvgIpc) is 2.49. The van der Waals surface area contributed by atoms with Crippen LogP contribution in [0, 0.1) is 13.8 Å². The van der Waals surface area contributed by atoms with Crippen LogP contribution in [0.1, 0.15) is 25.1 Å². The number of rotatable bonds is 6. The van der Waals surface area contributed by atoms with Gasteiger partial charge in [-0.25, -0.2) is 18.4 Å². The highest BCUT2D eigenvalue weighted by Crippen LogP contribution is 2.15. The van der Waals surface area contributed by atoms with Gasteiger partial charge in [-0.2, -0.15) is 4.31 Å². The SMILES string of the molecule is Cc1cnc(N2CCN(S(=O)(=O)CCOC(C)C)CC2)nc1C. The molecule has 130 valence electrons. The van der Waals surface area contributed by atoms with E-state index in [0.717, 1.165) is 11.3 Å². The van der Waals surface area contributed by atoms with Crippen LogP contribution in [0.2, 0.25) is 0 Å². The minimum absolute atomic E-state index is 0.0331. The van der Waals surface area contributed by atoms with Crippen molar-refractivity contribution in [2.45, 2.75) is 33.8 Å². The molecule has 0 bridgehead atoms. The lowest BCUT2D eigenvalue weighted by Crippen LogP contribution is -2.50. The van der Waals surface area contributed by atoms with Crippen molar-refractivity contribution in [3.05, 3.63) is 17.5 Å². The van der Waals surface area contributed by atoms with E-state index >= 15 is 0 Å². The van der Waals surface area contributed by atoms with Crippen LogP contribution in [-0.2, 0) is 14.8 Å². The zero-order valence-electron chi connectivity index (χ0n) is 14.3. The third-order valence-corrected chi connectivity index (χ3v) is 5.75. The zero-order chi connectivity index (χ0) is 17.0. The van der Waals surface area contributed by atoms with Gasteiger partial charge < -0.3 is 9.64 Å². The molecule has 1 aromatic rings. The summed E-state index contributed by atoms with van der Waals surface area (Å²) in [6, 6.07) is 0. The van der Waals surface area contributed by atoms with Crippen molar-refractivity contribution in [2.24, 2.45) is 0 Å². The summed E-state index contributed by atoms with van der Waals surface area (Å²) in [4.78, 5) is 10.9. The number of anilines is 1. The van der Waals surface area contributed by atoms with Crippen molar-refractivity contribution < 1.29 is 13.2 Å². The number of hydrogen-bond donors (Lipinski definition) is 0. The first-order valence-corrected chi connectivity index (χ1v) is 9.55. The number of aromatic nitrogens is 2. The minimum Gasteiger partial charge on any atom is -0.378 e. The van der Waals surface area contributed by atoms with E-state index in [9.17, 15) is 8.42 Å². The van der Waals surface area contributed by atoms with Crippen LogP contribution in [0.15, 0.2) is 6.20 Å². The molecule has 0 atom stereocenters. The Kier molecular flexibility index (Phi) is 5.94. The first-order chi connectivity index (χ1) is 10.8. The normalized spacial score (nSPS) is 17.0. The number of piperazine rings is 1. The second-order valence-corrected chi connectivity index (χ2v) is 8.15. The molecule has 0 unspecified atom stereocenters. The second-order valence-electron chi connectivity index (χ2n) is 6.06. The largest absolute Gasteiger partial charge is 0.378 e. The van der Waals surface area contributed by atoms with Crippen LogP contribution < -0.4 is 4.90 Å². The van der Waals surface area contributed by atoms with E-state index in [1.807, 2.05) is 38.8 Å². The molecule has 2 rings (SSSR count). The number of hydrogen-bond acceptors (Lipinski definition) is 6. The molecule has 8 heteroatoms. The van der Waals surface area contributed by atoms with Gasteiger partial charge >= 0.3 is 0 Å². The van der Waals surface area contributed by atoms with Gasteiger partial charge in [-0.05, 0) is 33.3 Å². The zero-order valence-corrected chi connectivity index (χ0v) is 15.1. The number of nitrogens with zero attached hydrogens (tertiary/aromatic N) is 4. The van der Waals surface area contributed by atoms with Gasteiger partial charge in [0.25, 0.3) is 0 Å². The summed E-state index contributed by atoms with van der Waals surface area (Å²) in [6.45, 7) is 10.1. The van der Waals surface area contributed by atoms with Gasteiger partial charge in [-0.1, -0.05) is 0 Å². The Bertz CT molecular complexity index is 626. The highest BCUT2D eigenvalue weighted by atomic mass is 32.2. The maximum absolute atomic E-state index is 12.3. The lowest BCUT2D eigenvalue weighted by molar-refractivity contribution is 0.0906. The first-order valence-electron chi connectivity index (χ1n) is 7.94. The molecule has 2 heterocycles. The van der Waals surface area contributed by atoms with Crippen LogP contribution in [0.4, 0.5) is 5.95 Å². The molecule has 0 spiro atoms. The average molecular weight is 342 g/mol. The van der Waals surface area contributed by atoms with Crippen LogP contribution in [0.3, 0.4) is 0 Å². The lowest BCUT2D eigenvalue weighted by atomic mass is 10.3. The van der Waals surface area contributed by atoms with Crippen LogP contribution in [-0.4, -0.2) is 67.3 Å². The molecule has 0 aliphatic carbocycles. The van der Waals surface area contributed by atoms with Crippen LogP contribution >= 0.6 is 0 Å². The van der Waals surface area contributed by atoms with Crippen molar-refractivity contribution in [1.29, 1.82) is 0 Å². The van der Waals surface area contributed by atoms with E-state index in [0.29, 0.717) is 32.1 Å². The molecule has 1 aliphatic rings. The van der Waals surface area contributed by atoms with E-state index in [-0.39, 0.29) is 18.5 Å². The molecule has 0 amide bonds. The summed E-state index contributed by atoms with van der Waals surface area (Å²) in [6.07, 6.45) is 1.85. The Labute approximate surface area is 138 Å². The number of ether oxygens (including phenoxy) is 1. The molecule has 7 nitrogen and oxygen atoms in total. The Morgan fingerprint density at radius 3 is 2.43 bits per heavy atom. The topological polar surface area (TPSA) is 75.6 Å². The molecule has 0 saturated carbocycles. The van der Waals surface area contributed by atoms with E-state index in [1.54, 1.807) is 0 Å². The standard InChI is InChI=1S/C15H26N4O3S/c1-12(2)22-9-10-23(20,21)19-7-5-18(6-8-19)15-16-11-13(3)14(4)17-15/h11-12H,5-10H2,1-4H3. The van der Waals surface area contributed by atoms with Crippen molar-refractivity contribution in [3.8, 4) is 0 Å². The van der Waals surface area contributed by atoms with Gasteiger partial charge in [0.15, 0.2) is 0 Å². The Hall–Kier alpha value is -1.25. The van der Waals surface area contributed by atoms with Crippen LogP contribution in [0.25, 0.3) is 0 Å². The van der Waals surface area contributed by atoms with Gasteiger partial charge in [0.05, 0.1) is 18.5 Å². The van der Waals surface area contributed by atoms with E-state index in [1.165, 1.54) is 4.31 Å². The number of aryl methyl sites for hydroxylation is 2. The van der Waals surface area contributed by atoms with Gasteiger partial charge in [0, 0.05) is 38.1 Å². The molecule has 1 fully saturated rings. The van der Waals surface area contributed by atoms with Crippen molar-refractivity contribution in [1.82, 2.24) is 14.3 Å². The monoisotopic (exact) mass is 342 g/mol. The fourth-order valence-corrected chi connectivity index (χ4v) is 3.64. The predicted octanol–water partition coefficient (Wildman–Crippen LogP) is 0.970. The number of sulfonamides is 1. The van der Waals surface area contributed by atoms with Crippen molar-refractivity contribution in [2.75, 3.05) is 43.4 Å². The van der Waals surface area contributed by atoms with Crippen molar-refractivity contribution in [3.63, 3.8) is 0 Å². The Morgan fingerprint density at radius 1 is 1.22 bits per heavy atom. The Morgan fingerprint density at radius 2 is 1.87 bits per heavy atom. The van der Waals surface area contributed by atoms with E-state index < -0.39 is 10.0 Å². The maximum atomic E-state index is 12.3. The van der Waals surface area contributed by atoms with Crippen molar-refractivity contribution >= 4 is 16.0 Å². The van der Waals surface area contributed by atoms with Gasteiger partial charge in [0.1, 0.15) is 0 Å². The first kappa shape index (κ1) is 18.1. The molecule has 23 heavy (non-hydrogen) atoms. The van der Waals surface area contributed by atoms with E-state index in [4.69, 9.17) is 4.74 Å². The summed E-state index contributed by atoms with van der Waals surface area (Å²) < 4.78 is 31.5.